The van der Waals surface area contributed by atoms with E-state index in [0.29, 0.717) is 13.2 Å². The summed E-state index contributed by atoms with van der Waals surface area (Å²) in [4.78, 5) is 0.288. The van der Waals surface area contributed by atoms with Gasteiger partial charge < -0.3 is 15.0 Å². The standard InChI is InChI=1S/C14H25N3O3S/c1-4-20-13-5-11(6-13)16-21(18,19)14-7-12(8-15)17(9-14)10(2)3/h7,9-11,13,16H,4-6,8,15H2,1-3H3. The highest BCUT2D eigenvalue weighted by molar-refractivity contribution is 7.89. The highest BCUT2D eigenvalue weighted by Gasteiger charge is 2.33. The van der Waals surface area contributed by atoms with E-state index in [2.05, 4.69) is 4.72 Å². The van der Waals surface area contributed by atoms with E-state index in [9.17, 15) is 8.42 Å². The van der Waals surface area contributed by atoms with Crippen molar-refractivity contribution in [3.63, 3.8) is 0 Å². The molecule has 1 fully saturated rings. The van der Waals surface area contributed by atoms with Crippen molar-refractivity contribution in [2.75, 3.05) is 6.61 Å². The summed E-state index contributed by atoms with van der Waals surface area (Å²) in [5.41, 5.74) is 6.51. The third-order valence-electron chi connectivity index (χ3n) is 3.80. The molecule has 0 radical (unpaired) electrons. The number of ether oxygens (including phenoxy) is 1. The lowest BCUT2D eigenvalue weighted by Crippen LogP contribution is -2.47. The molecule has 0 aromatic carbocycles. The third kappa shape index (κ3) is 3.66. The summed E-state index contributed by atoms with van der Waals surface area (Å²) in [6, 6.07) is 1.80. The summed E-state index contributed by atoms with van der Waals surface area (Å²) in [5, 5.41) is 0. The van der Waals surface area contributed by atoms with Crippen LogP contribution < -0.4 is 10.5 Å². The van der Waals surface area contributed by atoms with Gasteiger partial charge in [0, 0.05) is 37.1 Å². The normalized spacial score (nSPS) is 22.5. The Morgan fingerprint density at radius 1 is 1.48 bits per heavy atom. The Hall–Kier alpha value is -0.890. The van der Waals surface area contributed by atoms with Gasteiger partial charge >= 0.3 is 0 Å². The van der Waals surface area contributed by atoms with Gasteiger partial charge in [-0.05, 0) is 39.7 Å². The van der Waals surface area contributed by atoms with Gasteiger partial charge in [-0.1, -0.05) is 0 Å². The van der Waals surface area contributed by atoms with E-state index in [1.165, 1.54) is 0 Å². The molecule has 21 heavy (non-hydrogen) atoms. The highest BCUT2D eigenvalue weighted by Crippen LogP contribution is 2.26. The van der Waals surface area contributed by atoms with Gasteiger partial charge in [0.15, 0.2) is 0 Å². The number of hydrogen-bond donors (Lipinski definition) is 2. The van der Waals surface area contributed by atoms with Crippen molar-refractivity contribution < 1.29 is 13.2 Å². The Bertz CT molecular complexity index is 574. The van der Waals surface area contributed by atoms with Crippen LogP contribution in [0.1, 0.15) is 45.3 Å². The largest absolute Gasteiger partial charge is 0.378 e. The van der Waals surface area contributed by atoms with Crippen LogP contribution in [-0.2, 0) is 21.3 Å². The van der Waals surface area contributed by atoms with E-state index in [0.717, 1.165) is 18.5 Å². The van der Waals surface area contributed by atoms with E-state index < -0.39 is 10.0 Å². The van der Waals surface area contributed by atoms with Crippen LogP contribution in [-0.4, -0.2) is 31.7 Å². The molecule has 120 valence electrons. The molecule has 0 bridgehead atoms. The van der Waals surface area contributed by atoms with Gasteiger partial charge in [-0.15, -0.1) is 0 Å². The van der Waals surface area contributed by atoms with Crippen molar-refractivity contribution >= 4 is 10.0 Å². The first-order valence-corrected chi connectivity index (χ1v) is 8.90. The molecule has 1 aromatic rings. The van der Waals surface area contributed by atoms with E-state index >= 15 is 0 Å². The molecule has 6 nitrogen and oxygen atoms in total. The molecule has 0 atom stereocenters. The smallest absolute Gasteiger partial charge is 0.242 e. The number of nitrogens with one attached hydrogen (secondary N) is 1. The zero-order chi connectivity index (χ0) is 15.6. The summed E-state index contributed by atoms with van der Waals surface area (Å²) in [5.74, 6) is 0. The molecule has 3 N–H and O–H groups in total. The summed E-state index contributed by atoms with van der Waals surface area (Å²) in [6.07, 6.45) is 3.32. The fourth-order valence-corrected chi connectivity index (χ4v) is 3.92. The third-order valence-corrected chi connectivity index (χ3v) is 5.29. The molecular formula is C14H25N3O3S. The summed E-state index contributed by atoms with van der Waals surface area (Å²) in [7, 11) is -3.49. The predicted octanol–water partition coefficient (Wildman–Crippen LogP) is 1.37. The summed E-state index contributed by atoms with van der Waals surface area (Å²) < 4.78 is 34.9. The van der Waals surface area contributed by atoms with Crippen LogP contribution in [0.15, 0.2) is 17.2 Å². The second-order valence-corrected chi connectivity index (χ2v) is 7.45. The summed E-state index contributed by atoms with van der Waals surface area (Å²) in [6.45, 7) is 6.94. The van der Waals surface area contributed by atoms with Crippen LogP contribution in [0.2, 0.25) is 0 Å². The van der Waals surface area contributed by atoms with Crippen molar-refractivity contribution in [1.82, 2.24) is 9.29 Å². The van der Waals surface area contributed by atoms with Gasteiger partial charge in [0.05, 0.1) is 11.0 Å². The lowest BCUT2D eigenvalue weighted by molar-refractivity contribution is -0.00475. The Morgan fingerprint density at radius 2 is 2.14 bits per heavy atom. The van der Waals surface area contributed by atoms with E-state index in [4.69, 9.17) is 10.5 Å². The molecule has 0 saturated heterocycles. The SMILES string of the molecule is CCOC1CC(NS(=O)(=O)c2cc(CN)n(C(C)C)c2)C1. The van der Waals surface area contributed by atoms with E-state index in [1.807, 2.05) is 25.3 Å². The second kappa shape index (κ2) is 6.48. The molecular weight excluding hydrogens is 290 g/mol. The van der Waals surface area contributed by atoms with Gasteiger partial charge in [-0.2, -0.15) is 0 Å². The number of nitrogens with zero attached hydrogens (tertiary/aromatic N) is 1. The van der Waals surface area contributed by atoms with Crippen LogP contribution in [0.4, 0.5) is 0 Å². The molecule has 7 heteroatoms. The molecule has 1 heterocycles. The average Bonchev–Trinajstić information content (AvgIpc) is 2.81. The average molecular weight is 315 g/mol. The number of rotatable bonds is 7. The number of hydrogen-bond acceptors (Lipinski definition) is 4. The van der Waals surface area contributed by atoms with Crippen LogP contribution in [0.25, 0.3) is 0 Å². The fraction of sp³-hybridized carbons (Fsp3) is 0.714. The van der Waals surface area contributed by atoms with Gasteiger partial charge in [-0.25, -0.2) is 13.1 Å². The van der Waals surface area contributed by atoms with Gasteiger partial charge in [0.2, 0.25) is 10.0 Å². The maximum Gasteiger partial charge on any atom is 0.242 e. The second-order valence-electron chi connectivity index (χ2n) is 5.74. The maximum absolute atomic E-state index is 12.4. The first-order valence-electron chi connectivity index (χ1n) is 7.42. The lowest BCUT2D eigenvalue weighted by Gasteiger charge is -2.34. The molecule has 1 aliphatic carbocycles. The molecule has 1 aromatic heterocycles. The molecule has 0 unspecified atom stereocenters. The van der Waals surface area contributed by atoms with Gasteiger partial charge in [0.25, 0.3) is 0 Å². The van der Waals surface area contributed by atoms with E-state index in [-0.39, 0.29) is 23.1 Å². The van der Waals surface area contributed by atoms with Crippen molar-refractivity contribution in [3.05, 3.63) is 18.0 Å². The molecule has 0 amide bonds. The minimum atomic E-state index is -3.49. The minimum absolute atomic E-state index is 0.0322. The predicted molar refractivity (Wildman–Crippen MR) is 81.5 cm³/mol. The fourth-order valence-electron chi connectivity index (χ4n) is 2.61. The van der Waals surface area contributed by atoms with Gasteiger partial charge in [0.1, 0.15) is 0 Å². The lowest BCUT2D eigenvalue weighted by atomic mass is 9.90. The van der Waals surface area contributed by atoms with Crippen LogP contribution >= 0.6 is 0 Å². The maximum atomic E-state index is 12.4. The van der Waals surface area contributed by atoms with Gasteiger partial charge in [-0.3, -0.25) is 0 Å². The monoisotopic (exact) mass is 315 g/mol. The summed E-state index contributed by atoms with van der Waals surface area (Å²) >= 11 is 0. The number of nitrogens with two attached hydrogens (primary N) is 1. The quantitative estimate of drug-likeness (QED) is 0.796. The zero-order valence-corrected chi connectivity index (χ0v) is 13.7. The van der Waals surface area contributed by atoms with E-state index in [1.54, 1.807) is 12.3 Å². The van der Waals surface area contributed by atoms with Crippen LogP contribution in [0.3, 0.4) is 0 Å². The molecule has 2 rings (SSSR count). The topological polar surface area (TPSA) is 86.3 Å². The van der Waals surface area contributed by atoms with Crippen molar-refractivity contribution in [2.45, 2.75) is 63.2 Å². The minimum Gasteiger partial charge on any atom is -0.378 e. The van der Waals surface area contributed by atoms with Crippen LogP contribution in [0.5, 0.6) is 0 Å². The Balaban J connectivity index is 2.07. The van der Waals surface area contributed by atoms with Crippen molar-refractivity contribution in [1.29, 1.82) is 0 Å². The molecule has 0 aliphatic heterocycles. The Labute approximate surface area is 126 Å². The van der Waals surface area contributed by atoms with Crippen molar-refractivity contribution in [3.8, 4) is 0 Å². The van der Waals surface area contributed by atoms with Crippen molar-refractivity contribution in [2.24, 2.45) is 5.73 Å². The Kier molecular flexibility index (Phi) is 5.08. The highest BCUT2D eigenvalue weighted by atomic mass is 32.2. The zero-order valence-electron chi connectivity index (χ0n) is 12.9. The van der Waals surface area contributed by atoms with Crippen LogP contribution in [0, 0.1) is 0 Å². The molecule has 0 spiro atoms. The number of aromatic nitrogens is 1. The molecule has 1 saturated carbocycles. The first-order chi connectivity index (χ1) is 9.87. The first kappa shape index (κ1) is 16.5. The number of sulfonamides is 1. The molecule has 1 aliphatic rings. The Morgan fingerprint density at radius 3 is 2.62 bits per heavy atom.